The summed E-state index contributed by atoms with van der Waals surface area (Å²) in [5.41, 5.74) is 1.84. The van der Waals surface area contributed by atoms with E-state index in [-0.39, 0.29) is 18.7 Å². The molecule has 1 aromatic heterocycles. The van der Waals surface area contributed by atoms with Gasteiger partial charge in [-0.3, -0.25) is 9.36 Å². The van der Waals surface area contributed by atoms with Crippen LogP contribution in [0, 0.1) is 11.3 Å². The Bertz CT molecular complexity index is 991. The van der Waals surface area contributed by atoms with Gasteiger partial charge in [-0.05, 0) is 42.5 Å². The summed E-state index contributed by atoms with van der Waals surface area (Å²) in [4.78, 5) is 24.4. The molecule has 0 saturated carbocycles. The van der Waals surface area contributed by atoms with Gasteiger partial charge in [-0.2, -0.15) is 5.26 Å². The lowest BCUT2D eigenvalue weighted by atomic mass is 10.0. The number of methoxy groups -OCH3 is 1. The van der Waals surface area contributed by atoms with Crippen LogP contribution in [-0.4, -0.2) is 17.5 Å². The van der Waals surface area contributed by atoms with Gasteiger partial charge in [0.2, 0.25) is 0 Å². The van der Waals surface area contributed by atoms with Crippen LogP contribution in [0.5, 0.6) is 5.75 Å². The minimum absolute atomic E-state index is 0.174. The fourth-order valence-corrected chi connectivity index (χ4v) is 2.49. The largest absolute Gasteiger partial charge is 0.497 e. The molecule has 6 heteroatoms. The van der Waals surface area contributed by atoms with E-state index in [4.69, 9.17) is 14.4 Å². The van der Waals surface area contributed by atoms with Gasteiger partial charge in [0.15, 0.2) is 11.4 Å². The van der Waals surface area contributed by atoms with Crippen LogP contribution in [0.3, 0.4) is 0 Å². The molecule has 0 unspecified atom stereocenters. The molecule has 2 aromatic carbocycles. The molecule has 0 bridgehead atoms. The van der Waals surface area contributed by atoms with Crippen molar-refractivity contribution in [1.29, 1.82) is 5.26 Å². The number of aromatic nitrogens is 1. The van der Waals surface area contributed by atoms with Gasteiger partial charge in [-0.25, -0.2) is 4.79 Å². The molecule has 0 aliphatic rings. The zero-order valence-corrected chi connectivity index (χ0v) is 13.0. The first-order valence-electron chi connectivity index (χ1n) is 7.33. The second-order valence-corrected chi connectivity index (χ2v) is 5.17. The summed E-state index contributed by atoms with van der Waals surface area (Å²) < 4.78 is 11.6. The number of rotatable bonds is 5. The molecule has 24 heavy (non-hydrogen) atoms. The highest BCUT2D eigenvalue weighted by atomic mass is 16.5. The van der Waals surface area contributed by atoms with Crippen molar-refractivity contribution in [2.45, 2.75) is 13.0 Å². The molecular weight excluding hydrogens is 308 g/mol. The normalized spacial score (nSPS) is 10.5. The Morgan fingerprint density at radius 2 is 1.92 bits per heavy atom. The van der Waals surface area contributed by atoms with E-state index < -0.39 is 5.76 Å². The zero-order chi connectivity index (χ0) is 17.1. The van der Waals surface area contributed by atoms with Crippen molar-refractivity contribution in [2.24, 2.45) is 0 Å². The topological polar surface area (TPSA) is 85.2 Å². The molecule has 0 radical (unpaired) electrons. The highest BCUT2D eigenvalue weighted by molar-refractivity contribution is 6.10. The number of nitrogens with zero attached hydrogens (tertiary/aromatic N) is 2. The van der Waals surface area contributed by atoms with E-state index in [1.807, 2.05) is 6.07 Å². The first-order chi connectivity index (χ1) is 11.6. The second kappa shape index (κ2) is 6.42. The van der Waals surface area contributed by atoms with Crippen LogP contribution in [0.2, 0.25) is 0 Å². The van der Waals surface area contributed by atoms with Crippen molar-refractivity contribution in [1.82, 2.24) is 4.57 Å². The quantitative estimate of drug-likeness (QED) is 0.674. The summed E-state index contributed by atoms with van der Waals surface area (Å²) in [5, 5.41) is 8.66. The average Bonchev–Trinajstić information content (AvgIpc) is 2.93. The molecule has 0 spiro atoms. The summed E-state index contributed by atoms with van der Waals surface area (Å²) in [6.07, 6.45) is 0.209. The van der Waals surface area contributed by atoms with E-state index in [0.717, 1.165) is 0 Å². The van der Waals surface area contributed by atoms with Crippen LogP contribution in [0.1, 0.15) is 22.3 Å². The van der Waals surface area contributed by atoms with Crippen molar-refractivity contribution in [2.75, 3.05) is 7.11 Å². The van der Waals surface area contributed by atoms with Crippen LogP contribution in [-0.2, 0) is 6.54 Å². The fraction of sp³-hybridized carbons (Fsp3) is 0.167. The molecule has 3 rings (SSSR count). The Morgan fingerprint density at radius 1 is 1.21 bits per heavy atom. The molecule has 0 fully saturated rings. The van der Waals surface area contributed by atoms with Crippen LogP contribution < -0.4 is 10.5 Å². The van der Waals surface area contributed by atoms with Gasteiger partial charge in [-0.15, -0.1) is 0 Å². The standard InChI is InChI=1S/C18H14N2O4/c1-23-14-6-3-12(4-7-14)17(21)13-5-8-15-16(11-13)24-18(22)20(15)10-2-9-19/h3-8,11H,2,10H2,1H3. The Balaban J connectivity index is 1.97. The van der Waals surface area contributed by atoms with E-state index in [2.05, 4.69) is 0 Å². The Kier molecular flexibility index (Phi) is 4.17. The fourth-order valence-electron chi connectivity index (χ4n) is 2.49. The number of fused-ring (bicyclic) bond motifs is 1. The van der Waals surface area contributed by atoms with Crippen molar-refractivity contribution >= 4 is 16.9 Å². The predicted molar refractivity (Wildman–Crippen MR) is 87.1 cm³/mol. The van der Waals surface area contributed by atoms with Gasteiger partial charge in [0.05, 0.1) is 25.1 Å². The van der Waals surface area contributed by atoms with E-state index in [0.29, 0.717) is 28.0 Å². The summed E-state index contributed by atoms with van der Waals surface area (Å²) in [7, 11) is 1.56. The number of ketones is 1. The monoisotopic (exact) mass is 322 g/mol. The highest BCUT2D eigenvalue weighted by Gasteiger charge is 2.14. The summed E-state index contributed by atoms with van der Waals surface area (Å²) >= 11 is 0. The number of aryl methyl sites for hydroxylation is 1. The maximum atomic E-state index is 12.5. The van der Waals surface area contributed by atoms with E-state index in [9.17, 15) is 9.59 Å². The molecule has 0 N–H and O–H groups in total. The van der Waals surface area contributed by atoms with Crippen molar-refractivity contribution in [3.05, 3.63) is 64.1 Å². The molecule has 120 valence electrons. The minimum Gasteiger partial charge on any atom is -0.497 e. The summed E-state index contributed by atoms with van der Waals surface area (Å²) in [6, 6.07) is 13.6. The van der Waals surface area contributed by atoms with E-state index >= 15 is 0 Å². The lowest BCUT2D eigenvalue weighted by molar-refractivity contribution is 0.103. The molecule has 0 aliphatic heterocycles. The minimum atomic E-state index is -0.533. The smallest absolute Gasteiger partial charge is 0.419 e. The molecule has 3 aromatic rings. The molecule has 6 nitrogen and oxygen atoms in total. The number of hydrogen-bond acceptors (Lipinski definition) is 5. The highest BCUT2D eigenvalue weighted by Crippen LogP contribution is 2.19. The van der Waals surface area contributed by atoms with Gasteiger partial charge in [0.1, 0.15) is 5.75 Å². The van der Waals surface area contributed by atoms with Gasteiger partial charge >= 0.3 is 5.76 Å². The number of benzene rings is 2. The molecule has 0 aliphatic carbocycles. The average molecular weight is 322 g/mol. The Morgan fingerprint density at radius 3 is 2.58 bits per heavy atom. The van der Waals surface area contributed by atoms with Gasteiger partial charge in [-0.1, -0.05) is 0 Å². The third-order valence-corrected chi connectivity index (χ3v) is 3.73. The number of carbonyl (C=O) groups is 1. The summed E-state index contributed by atoms with van der Waals surface area (Å²) in [5.74, 6) is -0.0381. The maximum Gasteiger partial charge on any atom is 0.419 e. The Labute approximate surface area is 137 Å². The van der Waals surface area contributed by atoms with E-state index in [1.54, 1.807) is 49.6 Å². The van der Waals surface area contributed by atoms with Crippen LogP contribution in [0.4, 0.5) is 0 Å². The van der Waals surface area contributed by atoms with Crippen molar-refractivity contribution in [3.8, 4) is 11.8 Å². The Hall–Kier alpha value is -3.33. The zero-order valence-electron chi connectivity index (χ0n) is 13.0. The van der Waals surface area contributed by atoms with Crippen LogP contribution in [0.25, 0.3) is 11.1 Å². The predicted octanol–water partition coefficient (Wildman–Crippen LogP) is 2.75. The number of oxazole rings is 1. The third kappa shape index (κ3) is 2.79. The van der Waals surface area contributed by atoms with Gasteiger partial charge in [0.25, 0.3) is 0 Å². The van der Waals surface area contributed by atoms with Crippen LogP contribution in [0.15, 0.2) is 51.7 Å². The van der Waals surface area contributed by atoms with Crippen LogP contribution >= 0.6 is 0 Å². The third-order valence-electron chi connectivity index (χ3n) is 3.73. The second-order valence-electron chi connectivity index (χ2n) is 5.17. The van der Waals surface area contributed by atoms with Gasteiger partial charge < -0.3 is 9.15 Å². The molecule has 0 amide bonds. The van der Waals surface area contributed by atoms with Crippen molar-refractivity contribution < 1.29 is 13.9 Å². The maximum absolute atomic E-state index is 12.5. The molecular formula is C18H14N2O4. The number of nitriles is 1. The lowest BCUT2D eigenvalue weighted by Crippen LogP contribution is -2.13. The first-order valence-corrected chi connectivity index (χ1v) is 7.33. The number of hydrogen-bond donors (Lipinski definition) is 0. The lowest BCUT2D eigenvalue weighted by Gasteiger charge is -2.04. The molecule has 1 heterocycles. The number of carbonyl (C=O) groups excluding carboxylic acids is 1. The van der Waals surface area contributed by atoms with Gasteiger partial charge in [0, 0.05) is 17.7 Å². The first kappa shape index (κ1) is 15.6. The SMILES string of the molecule is COc1ccc(C(=O)c2ccc3c(c2)oc(=O)n3CCC#N)cc1. The number of ether oxygens (including phenoxy) is 1. The summed E-state index contributed by atoms with van der Waals surface area (Å²) in [6.45, 7) is 0.258. The molecule has 0 atom stereocenters. The van der Waals surface area contributed by atoms with Crippen molar-refractivity contribution in [3.63, 3.8) is 0 Å². The molecule has 0 saturated heterocycles. The van der Waals surface area contributed by atoms with E-state index in [1.165, 1.54) is 4.57 Å².